The highest BCUT2D eigenvalue weighted by Crippen LogP contribution is 2.14. The number of aromatic nitrogens is 2. The summed E-state index contributed by atoms with van der Waals surface area (Å²) >= 11 is 0. The van der Waals surface area contributed by atoms with E-state index in [1.54, 1.807) is 19.6 Å². The van der Waals surface area contributed by atoms with E-state index in [4.69, 9.17) is 4.74 Å². The molecule has 1 heterocycles. The minimum Gasteiger partial charge on any atom is -0.383 e. The Hall–Kier alpha value is -2.18. The van der Waals surface area contributed by atoms with E-state index in [0.717, 1.165) is 11.4 Å². The van der Waals surface area contributed by atoms with E-state index < -0.39 is 0 Å². The summed E-state index contributed by atoms with van der Waals surface area (Å²) in [5.41, 5.74) is 1.71. The second-order valence-corrected chi connectivity index (χ2v) is 4.24. The van der Waals surface area contributed by atoms with Crippen molar-refractivity contribution in [3.8, 4) is 5.69 Å². The van der Waals surface area contributed by atoms with Gasteiger partial charge in [0.2, 0.25) is 5.91 Å². The Morgan fingerprint density at radius 3 is 3.10 bits per heavy atom. The number of carbonyl (C=O) groups is 1. The van der Waals surface area contributed by atoms with Crippen LogP contribution in [0.1, 0.15) is 0 Å². The summed E-state index contributed by atoms with van der Waals surface area (Å²) in [6, 6.07) is 7.60. The summed E-state index contributed by atoms with van der Waals surface area (Å²) in [7, 11) is 1.63. The topological polar surface area (TPSA) is 68.2 Å². The summed E-state index contributed by atoms with van der Waals surface area (Å²) in [5.74, 6) is -0.0797. The number of ether oxygens (including phenoxy) is 1. The molecule has 2 aromatic rings. The van der Waals surface area contributed by atoms with Crippen LogP contribution < -0.4 is 10.6 Å². The summed E-state index contributed by atoms with van der Waals surface area (Å²) < 4.78 is 6.78. The van der Waals surface area contributed by atoms with Crippen molar-refractivity contribution in [3.05, 3.63) is 43.0 Å². The Morgan fingerprint density at radius 1 is 1.45 bits per heavy atom. The average molecular weight is 274 g/mol. The molecule has 2 N–H and O–H groups in total. The molecule has 20 heavy (non-hydrogen) atoms. The fourth-order valence-corrected chi connectivity index (χ4v) is 1.74. The van der Waals surface area contributed by atoms with E-state index in [1.807, 2.05) is 35.0 Å². The van der Waals surface area contributed by atoms with E-state index in [0.29, 0.717) is 13.2 Å². The molecule has 0 aliphatic heterocycles. The Balaban J connectivity index is 1.90. The van der Waals surface area contributed by atoms with E-state index in [9.17, 15) is 4.79 Å². The Kier molecular flexibility index (Phi) is 5.28. The molecule has 1 aromatic heterocycles. The third kappa shape index (κ3) is 4.18. The first-order valence-electron chi connectivity index (χ1n) is 6.37. The number of hydrogen-bond acceptors (Lipinski definition) is 4. The highest BCUT2D eigenvalue weighted by molar-refractivity contribution is 5.92. The molecule has 106 valence electrons. The minimum atomic E-state index is -0.0797. The zero-order valence-corrected chi connectivity index (χ0v) is 11.4. The van der Waals surface area contributed by atoms with E-state index in [1.165, 1.54) is 0 Å². The van der Waals surface area contributed by atoms with Crippen molar-refractivity contribution < 1.29 is 9.53 Å². The van der Waals surface area contributed by atoms with Gasteiger partial charge in [0, 0.05) is 37.4 Å². The SMILES string of the molecule is COCCNCC(=O)Nc1cccc(-n2ccnc2)c1. The molecule has 1 aromatic carbocycles. The van der Waals surface area contributed by atoms with Crippen LogP contribution in [-0.4, -0.2) is 42.3 Å². The first kappa shape index (κ1) is 14.2. The maximum absolute atomic E-state index is 11.7. The van der Waals surface area contributed by atoms with Gasteiger partial charge in [-0.1, -0.05) is 6.07 Å². The highest BCUT2D eigenvalue weighted by atomic mass is 16.5. The Labute approximate surface area is 117 Å². The van der Waals surface area contributed by atoms with Gasteiger partial charge in [0.05, 0.1) is 19.5 Å². The lowest BCUT2D eigenvalue weighted by atomic mass is 10.2. The molecule has 0 spiro atoms. The van der Waals surface area contributed by atoms with Crippen LogP contribution in [0.3, 0.4) is 0 Å². The van der Waals surface area contributed by atoms with E-state index in [-0.39, 0.29) is 12.5 Å². The molecule has 2 rings (SSSR count). The lowest BCUT2D eigenvalue weighted by Gasteiger charge is -2.08. The largest absolute Gasteiger partial charge is 0.383 e. The highest BCUT2D eigenvalue weighted by Gasteiger charge is 2.03. The Morgan fingerprint density at radius 2 is 2.35 bits per heavy atom. The minimum absolute atomic E-state index is 0.0797. The molecule has 0 saturated carbocycles. The number of amides is 1. The van der Waals surface area contributed by atoms with Gasteiger partial charge in [-0.05, 0) is 18.2 Å². The fraction of sp³-hybridized carbons (Fsp3) is 0.286. The second kappa shape index (κ2) is 7.42. The van der Waals surface area contributed by atoms with Gasteiger partial charge in [-0.25, -0.2) is 4.98 Å². The van der Waals surface area contributed by atoms with Crippen molar-refractivity contribution in [2.24, 2.45) is 0 Å². The van der Waals surface area contributed by atoms with Crippen molar-refractivity contribution in [3.63, 3.8) is 0 Å². The Bertz CT molecular complexity index is 540. The predicted octanol–water partition coefficient (Wildman–Crippen LogP) is 1.05. The van der Waals surface area contributed by atoms with E-state index >= 15 is 0 Å². The van der Waals surface area contributed by atoms with Crippen molar-refractivity contribution in [2.45, 2.75) is 0 Å². The molecule has 0 fully saturated rings. The number of nitrogens with one attached hydrogen (secondary N) is 2. The zero-order chi connectivity index (χ0) is 14.2. The van der Waals surface area contributed by atoms with Gasteiger partial charge in [-0.3, -0.25) is 4.79 Å². The smallest absolute Gasteiger partial charge is 0.238 e. The average Bonchev–Trinajstić information content (AvgIpc) is 2.98. The monoisotopic (exact) mass is 274 g/mol. The van der Waals surface area contributed by atoms with Crippen LogP contribution in [0.25, 0.3) is 5.69 Å². The van der Waals surface area contributed by atoms with Crippen molar-refractivity contribution in [2.75, 3.05) is 32.1 Å². The van der Waals surface area contributed by atoms with Crippen LogP contribution in [0.4, 0.5) is 5.69 Å². The number of nitrogens with zero attached hydrogens (tertiary/aromatic N) is 2. The standard InChI is InChI=1S/C14H18N4O2/c1-20-8-6-15-10-14(19)17-12-3-2-4-13(9-12)18-7-5-16-11-18/h2-5,7,9,11,15H,6,8,10H2,1H3,(H,17,19). The van der Waals surface area contributed by atoms with E-state index in [2.05, 4.69) is 15.6 Å². The van der Waals surface area contributed by atoms with Crippen LogP contribution in [-0.2, 0) is 9.53 Å². The third-order valence-electron chi connectivity index (χ3n) is 2.70. The number of imidazole rings is 1. The predicted molar refractivity (Wildman–Crippen MR) is 76.9 cm³/mol. The first-order chi connectivity index (χ1) is 9.79. The first-order valence-corrected chi connectivity index (χ1v) is 6.37. The molecule has 0 unspecified atom stereocenters. The van der Waals surface area contributed by atoms with Crippen molar-refractivity contribution in [1.82, 2.24) is 14.9 Å². The van der Waals surface area contributed by atoms with Crippen LogP contribution in [0.5, 0.6) is 0 Å². The summed E-state index contributed by atoms with van der Waals surface area (Å²) in [5, 5.41) is 5.84. The molecule has 0 aliphatic rings. The van der Waals surface area contributed by atoms with Gasteiger partial charge in [-0.2, -0.15) is 0 Å². The summed E-state index contributed by atoms with van der Waals surface area (Å²) in [6.07, 6.45) is 5.28. The molecular weight excluding hydrogens is 256 g/mol. The number of hydrogen-bond donors (Lipinski definition) is 2. The number of benzene rings is 1. The molecule has 0 saturated heterocycles. The van der Waals surface area contributed by atoms with Crippen LogP contribution >= 0.6 is 0 Å². The van der Waals surface area contributed by atoms with Crippen LogP contribution in [0.15, 0.2) is 43.0 Å². The number of anilines is 1. The second-order valence-electron chi connectivity index (χ2n) is 4.24. The van der Waals surface area contributed by atoms with Gasteiger partial charge in [0.15, 0.2) is 0 Å². The maximum Gasteiger partial charge on any atom is 0.238 e. The zero-order valence-electron chi connectivity index (χ0n) is 11.4. The molecule has 6 nitrogen and oxygen atoms in total. The lowest BCUT2D eigenvalue weighted by molar-refractivity contribution is -0.115. The van der Waals surface area contributed by atoms with Crippen molar-refractivity contribution in [1.29, 1.82) is 0 Å². The quantitative estimate of drug-likeness (QED) is 0.740. The molecule has 0 aliphatic carbocycles. The van der Waals surface area contributed by atoms with Gasteiger partial charge >= 0.3 is 0 Å². The van der Waals surface area contributed by atoms with Gasteiger partial charge in [0.25, 0.3) is 0 Å². The normalized spacial score (nSPS) is 10.4. The van der Waals surface area contributed by atoms with Crippen LogP contribution in [0, 0.1) is 0 Å². The van der Waals surface area contributed by atoms with Gasteiger partial charge in [0.1, 0.15) is 0 Å². The molecule has 0 bridgehead atoms. The van der Waals surface area contributed by atoms with Gasteiger partial charge in [-0.15, -0.1) is 0 Å². The lowest BCUT2D eigenvalue weighted by Crippen LogP contribution is -2.30. The molecule has 0 radical (unpaired) electrons. The molecule has 1 amide bonds. The number of methoxy groups -OCH3 is 1. The van der Waals surface area contributed by atoms with Crippen LogP contribution in [0.2, 0.25) is 0 Å². The maximum atomic E-state index is 11.7. The number of carbonyl (C=O) groups excluding carboxylic acids is 1. The fourth-order valence-electron chi connectivity index (χ4n) is 1.74. The third-order valence-corrected chi connectivity index (χ3v) is 2.70. The summed E-state index contributed by atoms with van der Waals surface area (Å²) in [4.78, 5) is 15.7. The summed E-state index contributed by atoms with van der Waals surface area (Å²) in [6.45, 7) is 1.50. The molecule has 6 heteroatoms. The number of rotatable bonds is 7. The molecule has 0 atom stereocenters. The van der Waals surface area contributed by atoms with Gasteiger partial charge < -0.3 is 19.9 Å². The molecular formula is C14H18N4O2. The van der Waals surface area contributed by atoms with Crippen molar-refractivity contribution >= 4 is 11.6 Å².